The van der Waals surface area contributed by atoms with Gasteiger partial charge in [0.05, 0.1) is 6.10 Å². The number of hydrogen-bond donors (Lipinski definition) is 3. The van der Waals surface area contributed by atoms with Gasteiger partial charge >= 0.3 is 29.6 Å². The van der Waals surface area contributed by atoms with Crippen LogP contribution in [0.5, 0.6) is 0 Å². The molecule has 0 saturated heterocycles. The monoisotopic (exact) mass is 494 g/mol. The van der Waals surface area contributed by atoms with Crippen molar-refractivity contribution in [2.75, 3.05) is 6.61 Å². The van der Waals surface area contributed by atoms with Crippen molar-refractivity contribution in [3.63, 3.8) is 0 Å². The maximum atomic E-state index is 17.0. The van der Waals surface area contributed by atoms with Crippen LogP contribution >= 0.6 is 7.82 Å². The van der Waals surface area contributed by atoms with Crippen molar-refractivity contribution in [3.8, 4) is 0 Å². The number of Topliss-reactive ketones (excluding diaryl/α,β-unsaturated/α-hetero) is 1. The van der Waals surface area contributed by atoms with E-state index in [0.29, 0.717) is 24.8 Å². The van der Waals surface area contributed by atoms with Crippen molar-refractivity contribution in [2.24, 2.45) is 28.6 Å². The van der Waals surface area contributed by atoms with Crippen molar-refractivity contribution in [3.05, 3.63) is 23.8 Å². The second-order valence-electron chi connectivity index (χ2n) is 10.3. The third-order valence-corrected chi connectivity index (χ3v) is 9.46. The topological polar surface area (TPSA) is 144 Å². The van der Waals surface area contributed by atoms with E-state index in [4.69, 9.17) is 4.89 Å². The quantitative estimate of drug-likeness (QED) is 0.313. The van der Waals surface area contributed by atoms with Gasteiger partial charge in [-0.25, -0.2) is 4.39 Å². The fourth-order valence-corrected chi connectivity index (χ4v) is 7.67. The Balaban J connectivity index is 0.00000306. The van der Waals surface area contributed by atoms with E-state index in [-0.39, 0.29) is 41.8 Å². The number of fused-ring (bicyclic) bond motifs is 5. The molecule has 0 radical (unpaired) electrons. The third kappa shape index (κ3) is 3.66. The number of aliphatic hydroxyl groups excluding tert-OH is 1. The molecular weight excluding hydrogens is 465 g/mol. The van der Waals surface area contributed by atoms with Crippen molar-refractivity contribution < 1.29 is 72.6 Å². The van der Waals surface area contributed by atoms with Gasteiger partial charge in [-0.15, -0.1) is 0 Å². The van der Waals surface area contributed by atoms with Crippen molar-refractivity contribution in [1.82, 2.24) is 0 Å². The number of rotatable bonds is 4. The maximum Gasteiger partial charge on any atom is 1.00 e. The first-order valence-electron chi connectivity index (χ1n) is 10.9. The van der Waals surface area contributed by atoms with Crippen LogP contribution in [0.15, 0.2) is 23.8 Å². The molecule has 0 bridgehead atoms. The summed E-state index contributed by atoms with van der Waals surface area (Å²) in [4.78, 5) is 44.7. The van der Waals surface area contributed by atoms with Crippen LogP contribution in [0.4, 0.5) is 4.39 Å². The molecule has 1 unspecified atom stereocenters. The second-order valence-corrected chi connectivity index (χ2v) is 11.5. The zero-order valence-electron chi connectivity index (χ0n) is 19.3. The minimum absolute atomic E-state index is 0. The van der Waals surface area contributed by atoms with E-state index in [9.17, 15) is 29.3 Å². The molecule has 3 fully saturated rings. The van der Waals surface area contributed by atoms with Gasteiger partial charge in [0.15, 0.2) is 17.2 Å². The van der Waals surface area contributed by atoms with E-state index in [1.165, 1.54) is 18.2 Å². The Morgan fingerprint density at radius 2 is 2.00 bits per heavy atom. The van der Waals surface area contributed by atoms with Gasteiger partial charge in [-0.2, -0.15) is 0 Å². The normalized spacial score (nSPS) is 48.0. The molecule has 4 aliphatic carbocycles. The molecule has 11 heteroatoms. The van der Waals surface area contributed by atoms with Gasteiger partial charge in [0.2, 0.25) is 0 Å². The summed E-state index contributed by atoms with van der Waals surface area (Å²) in [6, 6.07) is 0. The van der Waals surface area contributed by atoms with Crippen LogP contribution in [-0.4, -0.2) is 50.7 Å². The van der Waals surface area contributed by atoms with Gasteiger partial charge in [-0.1, -0.05) is 25.5 Å². The summed E-state index contributed by atoms with van der Waals surface area (Å²) in [6.07, 6.45) is 3.62. The summed E-state index contributed by atoms with van der Waals surface area (Å²) >= 11 is 0. The summed E-state index contributed by atoms with van der Waals surface area (Å²) in [7, 11) is -5.18. The summed E-state index contributed by atoms with van der Waals surface area (Å²) < 4.78 is 32.2. The summed E-state index contributed by atoms with van der Waals surface area (Å²) in [6.45, 7) is 3.90. The molecule has 3 N–H and O–H groups in total. The molecule has 0 heterocycles. The Morgan fingerprint density at radius 3 is 2.61 bits per heavy atom. The molecule has 178 valence electrons. The number of carbonyl (C=O) groups is 2. The molecule has 33 heavy (non-hydrogen) atoms. The number of allylic oxidation sites excluding steroid dienone is 4. The van der Waals surface area contributed by atoms with Crippen LogP contribution in [-0.2, 0) is 18.7 Å². The molecule has 4 rings (SSSR count). The molecule has 0 spiro atoms. The average molecular weight is 494 g/mol. The Morgan fingerprint density at radius 1 is 1.36 bits per heavy atom. The second kappa shape index (κ2) is 8.43. The van der Waals surface area contributed by atoms with E-state index in [2.05, 4.69) is 4.52 Å². The van der Waals surface area contributed by atoms with Crippen molar-refractivity contribution in [1.29, 1.82) is 0 Å². The van der Waals surface area contributed by atoms with Crippen LogP contribution in [0, 0.1) is 28.6 Å². The Labute approximate surface area is 214 Å². The van der Waals surface area contributed by atoms with Gasteiger partial charge in [0.1, 0.15) is 12.2 Å². The smallest absolute Gasteiger partial charge is 0.756 e. The van der Waals surface area contributed by atoms with Crippen LogP contribution < -0.4 is 34.5 Å². The predicted octanol–water partition coefficient (Wildman–Crippen LogP) is -1.62. The number of alkyl halides is 1. The zero-order chi connectivity index (χ0) is 23.9. The Hall–Kier alpha value is -0.220. The molecule has 3 saturated carbocycles. The van der Waals surface area contributed by atoms with E-state index in [0.717, 1.165) is 0 Å². The first-order valence-corrected chi connectivity index (χ1v) is 12.4. The molecule has 4 aliphatic rings. The number of phosphoric ester groups is 1. The molecule has 0 aromatic carbocycles. The third-order valence-electron chi connectivity index (χ3n) is 9.01. The SMILES string of the molecule is C[C@@H]1C[C@H]2[C@@H]3CCC4=CC(=O)C=C[C@]4(C)[C@@]3(F)[C@@H](O)C[C@]2(C)[C@@]1(O)C(=O)COP(=O)([O-])O.[Na+]. The number of phosphoric acid groups is 1. The first-order chi connectivity index (χ1) is 14.6. The minimum Gasteiger partial charge on any atom is -0.756 e. The Bertz CT molecular complexity index is 979. The maximum absolute atomic E-state index is 17.0. The van der Waals surface area contributed by atoms with Crippen LogP contribution in [0.1, 0.15) is 46.5 Å². The zero-order valence-corrected chi connectivity index (χ0v) is 22.2. The first kappa shape index (κ1) is 27.4. The molecule has 0 aromatic rings. The fraction of sp³-hybridized carbons (Fsp3) is 0.727. The average Bonchev–Trinajstić information content (AvgIpc) is 2.89. The number of ketones is 2. The van der Waals surface area contributed by atoms with Crippen LogP contribution in [0.25, 0.3) is 0 Å². The molecule has 9 atom stereocenters. The largest absolute Gasteiger partial charge is 1.00 e. The van der Waals surface area contributed by atoms with E-state index in [1.54, 1.807) is 20.8 Å². The number of carbonyl (C=O) groups excluding carboxylic acids is 2. The summed E-state index contributed by atoms with van der Waals surface area (Å²) in [5, 5.41) is 22.8. The molecule has 0 aliphatic heterocycles. The van der Waals surface area contributed by atoms with Gasteiger partial charge < -0.3 is 24.5 Å². The van der Waals surface area contributed by atoms with Crippen LogP contribution in [0.2, 0.25) is 0 Å². The predicted molar refractivity (Wildman–Crippen MR) is 109 cm³/mol. The molecule has 0 aromatic heterocycles. The van der Waals surface area contributed by atoms with Gasteiger partial charge in [-0.05, 0) is 56.6 Å². The molecule has 0 amide bonds. The standard InChI is InChI=1S/C22H30FO8P.Na/c1-12-8-16-15-5-4-13-9-14(24)6-7-19(13,2)21(15,23)17(25)10-20(16,3)22(12,27)18(26)11-31-32(28,29)30;/h6-7,9,12,15-17,25,27H,4-5,8,10-11H2,1-3H3,(H2,28,29,30);/q;+1/p-1/t12-,15+,16+,17+,19+,20+,21+,22+;/m1./s1. The summed E-state index contributed by atoms with van der Waals surface area (Å²) in [5.41, 5.74) is -5.95. The van der Waals surface area contributed by atoms with Crippen molar-refractivity contribution in [2.45, 2.75) is 63.8 Å². The van der Waals surface area contributed by atoms with Crippen molar-refractivity contribution >= 4 is 19.4 Å². The molecule has 8 nitrogen and oxygen atoms in total. The Kier molecular flexibility index (Phi) is 6.99. The number of hydrogen-bond acceptors (Lipinski definition) is 7. The molecular formula is C22H29FNaO8P. The van der Waals surface area contributed by atoms with E-state index in [1.807, 2.05) is 0 Å². The number of aliphatic hydroxyl groups is 2. The fourth-order valence-electron chi connectivity index (χ4n) is 7.39. The minimum atomic E-state index is -5.18. The van der Waals surface area contributed by atoms with Gasteiger partial charge in [0.25, 0.3) is 7.82 Å². The van der Waals surface area contributed by atoms with E-state index < -0.39 is 66.2 Å². The van der Waals surface area contributed by atoms with Crippen LogP contribution in [0.3, 0.4) is 0 Å². The van der Waals surface area contributed by atoms with Gasteiger partial charge in [0, 0.05) is 16.7 Å². The summed E-state index contributed by atoms with van der Waals surface area (Å²) in [5.74, 6) is -2.96. The number of halogens is 1. The van der Waals surface area contributed by atoms with Gasteiger partial charge in [-0.3, -0.25) is 14.2 Å². The van der Waals surface area contributed by atoms with E-state index >= 15 is 4.39 Å².